The first-order valence-corrected chi connectivity index (χ1v) is 25.5. The number of thiophene rings is 2. The lowest BCUT2D eigenvalue weighted by molar-refractivity contribution is -0.385. The zero-order valence-electron chi connectivity index (χ0n) is 34.1. The average molecular weight is 963 g/mol. The van der Waals surface area contributed by atoms with Gasteiger partial charge in [0.25, 0.3) is 35.9 Å². The van der Waals surface area contributed by atoms with Crippen molar-refractivity contribution < 1.29 is 39.5 Å². The Hall–Kier alpha value is -5.85. The van der Waals surface area contributed by atoms with Crippen molar-refractivity contribution in [2.75, 3.05) is 25.2 Å². The maximum absolute atomic E-state index is 13.6. The minimum atomic E-state index is -4.06. The first-order chi connectivity index (χ1) is 30.5. The summed E-state index contributed by atoms with van der Waals surface area (Å²) in [7, 11) is -11.9. The minimum absolute atomic E-state index is 0.0677. The number of nitrogen functional groups attached to an aromatic ring is 1. The molecule has 2 aromatic heterocycles. The van der Waals surface area contributed by atoms with Crippen molar-refractivity contribution in [3.8, 4) is 12.1 Å². The van der Waals surface area contributed by atoms with Crippen LogP contribution in [0.4, 0.5) is 11.4 Å². The number of nitro benzene ring substituents is 1. The number of anilines is 1. The summed E-state index contributed by atoms with van der Waals surface area (Å²) in [6.07, 6.45) is 1.34. The Morgan fingerprint density at radius 2 is 1.17 bits per heavy atom. The first-order valence-electron chi connectivity index (χ1n) is 19.1. The van der Waals surface area contributed by atoms with E-state index in [2.05, 4.69) is 0 Å². The van der Waals surface area contributed by atoms with Crippen LogP contribution in [0.5, 0.6) is 0 Å². The molecule has 6 rings (SSSR count). The van der Waals surface area contributed by atoms with Crippen LogP contribution in [0.2, 0.25) is 0 Å². The Morgan fingerprint density at radius 1 is 0.703 bits per heavy atom. The molecule has 0 saturated heterocycles. The van der Waals surface area contributed by atoms with E-state index in [0.29, 0.717) is 16.8 Å². The number of hydrogen-bond acceptors (Lipinski definition) is 15. The molecule has 0 unspecified atom stereocenters. The van der Waals surface area contributed by atoms with Crippen molar-refractivity contribution >= 4 is 64.2 Å². The van der Waals surface area contributed by atoms with Crippen molar-refractivity contribution in [3.63, 3.8) is 0 Å². The molecule has 0 bridgehead atoms. The van der Waals surface area contributed by atoms with Crippen LogP contribution in [-0.2, 0) is 60.3 Å². The second-order valence-corrected chi connectivity index (χ2v) is 21.8. The van der Waals surface area contributed by atoms with E-state index in [4.69, 9.17) is 9.92 Å². The summed E-state index contributed by atoms with van der Waals surface area (Å²) in [6.45, 7) is -1.38. The van der Waals surface area contributed by atoms with Crippen LogP contribution >= 0.6 is 22.7 Å². The van der Waals surface area contributed by atoms with Crippen molar-refractivity contribution in [1.29, 1.82) is 10.5 Å². The summed E-state index contributed by atoms with van der Waals surface area (Å²) in [5, 5.41) is 43.3. The van der Waals surface area contributed by atoms with E-state index in [0.717, 1.165) is 44.4 Å². The second kappa shape index (κ2) is 22.2. The fraction of sp³-hybridized carbons (Fsp3) is 0.209. The molecule has 4 aromatic carbocycles. The highest BCUT2D eigenvalue weighted by molar-refractivity contribution is 7.91. The molecule has 64 heavy (non-hydrogen) atoms. The zero-order chi connectivity index (χ0) is 46.5. The Labute approximate surface area is 380 Å². The van der Waals surface area contributed by atoms with Gasteiger partial charge in [-0.05, 0) is 82.8 Å². The van der Waals surface area contributed by atoms with Crippen LogP contribution in [0.1, 0.15) is 33.4 Å². The van der Waals surface area contributed by atoms with Crippen molar-refractivity contribution in [3.05, 3.63) is 176 Å². The predicted molar refractivity (Wildman–Crippen MR) is 243 cm³/mol. The van der Waals surface area contributed by atoms with Crippen LogP contribution in [0.3, 0.4) is 0 Å². The van der Waals surface area contributed by atoms with Gasteiger partial charge in [0.05, 0.1) is 59.7 Å². The molecule has 0 saturated carbocycles. The standard InChI is InChI=1S/C22H23N3O5S3.C21H19N3O5S2/c1-32(26,27)30-16-20(13-17-6-3-2-4-7-17)25(33(28,29)22-8-5-11-31-22)15-19-12-18(14-23)9-10-21(19)24;22-13-17-8-9-20(24(26)27)18(11-17)14-23(31(28,29)21-7-4-10-30-21)19(15-25)12-16-5-2-1-3-6-16/h2-12,20H,13,15-16,24H2,1H3;1-11,19,25H,12,14-15H2/t20-;19-/m11/s1. The number of hydrogen-bond donors (Lipinski definition) is 2. The van der Waals surface area contributed by atoms with Gasteiger partial charge >= 0.3 is 0 Å². The van der Waals surface area contributed by atoms with E-state index >= 15 is 0 Å². The zero-order valence-corrected chi connectivity index (χ0v) is 38.2. The van der Waals surface area contributed by atoms with E-state index in [1.165, 1.54) is 40.7 Å². The van der Waals surface area contributed by atoms with Crippen LogP contribution in [0.25, 0.3) is 0 Å². The smallest absolute Gasteiger partial charge is 0.274 e. The summed E-state index contributed by atoms with van der Waals surface area (Å²) >= 11 is 2.08. The van der Waals surface area contributed by atoms with Crippen molar-refractivity contribution in [2.45, 2.75) is 46.4 Å². The lowest BCUT2D eigenvalue weighted by atomic mass is 10.1. The minimum Gasteiger partial charge on any atom is -0.398 e. The molecule has 0 spiro atoms. The van der Waals surface area contributed by atoms with Gasteiger partial charge in [0.2, 0.25) is 0 Å². The quantitative estimate of drug-likeness (QED) is 0.0391. The lowest BCUT2D eigenvalue weighted by Gasteiger charge is -2.31. The van der Waals surface area contributed by atoms with Crippen LogP contribution < -0.4 is 5.73 Å². The van der Waals surface area contributed by atoms with Crippen molar-refractivity contribution in [1.82, 2.24) is 8.61 Å². The number of nitriles is 2. The topological polar surface area (TPSA) is 255 Å². The molecule has 0 fully saturated rings. The number of nitro groups is 1. The SMILES string of the molecule is CS(=O)(=O)OC[C@@H](Cc1ccccc1)N(Cc1cc(C#N)ccc1N)S(=O)(=O)c1cccs1.N#Cc1ccc([N+](=O)[O-])c(CN([C@@H](CO)Cc2ccccc2)S(=O)(=O)c2cccs2)c1. The summed E-state index contributed by atoms with van der Waals surface area (Å²) in [6, 6.07) is 35.0. The number of nitrogens with zero attached hydrogens (tertiary/aromatic N) is 5. The average Bonchev–Trinajstić information content (AvgIpc) is 4.04. The van der Waals surface area contributed by atoms with E-state index in [1.807, 2.05) is 72.8 Å². The molecule has 0 aliphatic carbocycles. The Bertz CT molecular complexity index is 2930. The fourth-order valence-electron chi connectivity index (χ4n) is 6.46. The lowest BCUT2D eigenvalue weighted by Crippen LogP contribution is -2.44. The highest BCUT2D eigenvalue weighted by Crippen LogP contribution is 2.31. The molecule has 0 radical (unpaired) electrons. The molecule has 0 aliphatic heterocycles. The van der Waals surface area contributed by atoms with Crippen LogP contribution in [0.15, 0.2) is 141 Å². The fourth-order valence-corrected chi connectivity index (χ4v) is 12.3. The van der Waals surface area contributed by atoms with E-state index in [-0.39, 0.29) is 57.8 Å². The number of aliphatic hydroxyl groups excluding tert-OH is 1. The summed E-state index contributed by atoms with van der Waals surface area (Å²) < 4.78 is 85.1. The third kappa shape index (κ3) is 13.1. The number of benzene rings is 4. The Balaban J connectivity index is 0.000000241. The maximum Gasteiger partial charge on any atom is 0.274 e. The highest BCUT2D eigenvalue weighted by atomic mass is 32.3. The van der Waals surface area contributed by atoms with E-state index in [9.17, 15) is 51.0 Å². The highest BCUT2D eigenvalue weighted by Gasteiger charge is 2.36. The van der Waals surface area contributed by atoms with Crippen molar-refractivity contribution in [2.24, 2.45) is 0 Å². The predicted octanol–water partition coefficient (Wildman–Crippen LogP) is 6.30. The van der Waals surface area contributed by atoms with Crippen LogP contribution in [0, 0.1) is 32.8 Å². The van der Waals surface area contributed by atoms with Gasteiger partial charge in [-0.15, -0.1) is 22.7 Å². The summed E-state index contributed by atoms with van der Waals surface area (Å²) in [4.78, 5) is 10.9. The third-order valence-electron chi connectivity index (χ3n) is 9.57. The third-order valence-corrected chi connectivity index (χ3v) is 16.7. The molecule has 3 N–H and O–H groups in total. The van der Waals surface area contributed by atoms with E-state index in [1.54, 1.807) is 35.0 Å². The monoisotopic (exact) mass is 962 g/mol. The van der Waals surface area contributed by atoms with Gasteiger partial charge in [-0.25, -0.2) is 16.8 Å². The molecular formula is C43H42N6O10S5. The van der Waals surface area contributed by atoms with Gasteiger partial charge < -0.3 is 10.8 Å². The number of sulfonamides is 2. The molecule has 334 valence electrons. The molecule has 2 atom stereocenters. The van der Waals surface area contributed by atoms with Gasteiger partial charge in [0.15, 0.2) is 0 Å². The van der Waals surface area contributed by atoms with Gasteiger partial charge in [-0.1, -0.05) is 72.8 Å². The largest absolute Gasteiger partial charge is 0.398 e. The molecular weight excluding hydrogens is 921 g/mol. The molecule has 0 aliphatic rings. The summed E-state index contributed by atoms with van der Waals surface area (Å²) in [5.74, 6) is 0. The molecule has 16 nitrogen and oxygen atoms in total. The normalized spacial score (nSPS) is 12.7. The second-order valence-electron chi connectivity index (χ2n) is 14.1. The van der Waals surface area contributed by atoms with Gasteiger partial charge in [0.1, 0.15) is 8.42 Å². The Morgan fingerprint density at radius 3 is 1.62 bits per heavy atom. The summed E-state index contributed by atoms with van der Waals surface area (Å²) in [5.41, 5.74) is 8.78. The van der Waals surface area contributed by atoms with Gasteiger partial charge in [0, 0.05) is 30.4 Å². The number of nitrogens with two attached hydrogens (primary N) is 1. The number of rotatable bonds is 19. The molecule has 0 amide bonds. The van der Waals surface area contributed by atoms with E-state index < -0.39 is 53.8 Å². The number of aliphatic hydroxyl groups is 1. The molecule has 21 heteroatoms. The molecule has 2 heterocycles. The maximum atomic E-state index is 13.6. The van der Waals surface area contributed by atoms with Gasteiger partial charge in [-0.2, -0.15) is 27.6 Å². The first kappa shape index (κ1) is 49.2. The van der Waals surface area contributed by atoms with Gasteiger partial charge in [-0.3, -0.25) is 14.3 Å². The Kier molecular flexibility index (Phi) is 17.0. The molecule has 6 aromatic rings. The van der Waals surface area contributed by atoms with Crippen LogP contribution in [-0.4, -0.2) is 75.4 Å².